The van der Waals surface area contributed by atoms with Gasteiger partial charge < -0.3 is 25.5 Å². The third-order valence-corrected chi connectivity index (χ3v) is 8.03. The molecule has 0 bridgehead atoms. The van der Waals surface area contributed by atoms with Crippen molar-refractivity contribution in [2.45, 2.75) is 33.5 Å². The Morgan fingerprint density at radius 1 is 1.24 bits per heavy atom. The molecule has 1 fully saturated rings. The standard InChI is InChI=1S/C29H32ClF3N8O4/c1-14-12-36-19(15(2)23(14)44-4)13-41-25-21(24(30)38-28(34)39-25)17(27(41)43)11-18-22(29(31,32)33)20(16(3)37-18)26(42)35-5-6-40-7-9-45-10-8-40/h11-12,37H,5-10,13H2,1-4H3,(H,35,42)(H2,34,38,39)/b17-11-. The number of aromatic nitrogens is 4. The number of anilines is 2. The highest BCUT2D eigenvalue weighted by Crippen LogP contribution is 2.44. The van der Waals surface area contributed by atoms with Gasteiger partial charge in [0.2, 0.25) is 5.95 Å². The van der Waals surface area contributed by atoms with Gasteiger partial charge in [0.25, 0.3) is 11.8 Å². The summed E-state index contributed by atoms with van der Waals surface area (Å²) in [4.78, 5) is 45.5. The number of morpholine rings is 1. The fraction of sp³-hybridized carbons (Fsp3) is 0.414. The molecule has 0 unspecified atom stereocenters. The summed E-state index contributed by atoms with van der Waals surface area (Å²) in [7, 11) is 1.51. The molecule has 12 nitrogen and oxygen atoms in total. The molecule has 5 heterocycles. The van der Waals surface area contributed by atoms with Crippen LogP contribution in [0.25, 0.3) is 11.6 Å². The Morgan fingerprint density at radius 2 is 1.96 bits per heavy atom. The van der Waals surface area contributed by atoms with Crippen LogP contribution in [0.1, 0.15) is 49.7 Å². The van der Waals surface area contributed by atoms with E-state index in [0.29, 0.717) is 49.9 Å². The number of hydrogen-bond donors (Lipinski definition) is 3. The molecule has 0 aromatic carbocycles. The van der Waals surface area contributed by atoms with E-state index in [2.05, 4.69) is 25.3 Å². The smallest absolute Gasteiger partial charge is 0.419 e. The van der Waals surface area contributed by atoms with Crippen LogP contribution in [-0.2, 0) is 22.3 Å². The van der Waals surface area contributed by atoms with Crippen LogP contribution >= 0.6 is 11.6 Å². The molecule has 0 aliphatic carbocycles. The first-order valence-corrected chi connectivity index (χ1v) is 14.4. The minimum absolute atomic E-state index is 0.00415. The van der Waals surface area contributed by atoms with E-state index in [9.17, 15) is 22.8 Å². The van der Waals surface area contributed by atoms with Gasteiger partial charge in [-0.1, -0.05) is 11.6 Å². The Hall–Kier alpha value is -4.21. The number of nitrogen functional groups attached to an aromatic ring is 1. The minimum atomic E-state index is -4.95. The largest absolute Gasteiger partial charge is 0.496 e. The van der Waals surface area contributed by atoms with Gasteiger partial charge in [-0.25, -0.2) is 4.98 Å². The molecule has 0 radical (unpaired) electrons. The Kier molecular flexibility index (Phi) is 9.05. The fourth-order valence-electron chi connectivity index (χ4n) is 5.60. The number of carbonyl (C=O) groups excluding carboxylic acids is 2. The molecule has 0 atom stereocenters. The van der Waals surface area contributed by atoms with Gasteiger partial charge >= 0.3 is 6.18 Å². The molecule has 2 aliphatic heterocycles. The van der Waals surface area contributed by atoms with Crippen molar-refractivity contribution in [3.63, 3.8) is 0 Å². The van der Waals surface area contributed by atoms with E-state index in [1.807, 2.05) is 11.8 Å². The number of aromatic amines is 1. The number of halogens is 4. The highest BCUT2D eigenvalue weighted by atomic mass is 35.5. The molecule has 2 aliphatic rings. The molecule has 45 heavy (non-hydrogen) atoms. The van der Waals surface area contributed by atoms with Gasteiger partial charge in [-0.05, 0) is 26.8 Å². The summed E-state index contributed by atoms with van der Waals surface area (Å²) >= 11 is 6.41. The Labute approximate surface area is 261 Å². The van der Waals surface area contributed by atoms with E-state index in [4.69, 9.17) is 26.8 Å². The molecule has 2 amide bonds. The molecule has 1 saturated heterocycles. The maximum Gasteiger partial charge on any atom is 0.419 e. The van der Waals surface area contributed by atoms with Gasteiger partial charge in [0.15, 0.2) is 5.82 Å². The fourth-order valence-corrected chi connectivity index (χ4v) is 5.87. The highest BCUT2D eigenvalue weighted by Gasteiger charge is 2.42. The van der Waals surface area contributed by atoms with Crippen molar-refractivity contribution in [2.24, 2.45) is 0 Å². The SMILES string of the molecule is COc1c(C)cnc(CN2C(=O)/C(=C\c3[nH]c(C)c(C(=O)NCCN4CCOCC4)c3C(F)(F)F)c3c(Cl)nc(N)nc32)c1C. The van der Waals surface area contributed by atoms with Crippen molar-refractivity contribution < 1.29 is 32.2 Å². The lowest BCUT2D eigenvalue weighted by Gasteiger charge is -2.26. The number of alkyl halides is 3. The second kappa shape index (κ2) is 12.7. The van der Waals surface area contributed by atoms with E-state index >= 15 is 0 Å². The molecular weight excluding hydrogens is 617 g/mol. The van der Waals surface area contributed by atoms with Crippen molar-refractivity contribution in [2.75, 3.05) is 57.1 Å². The van der Waals surface area contributed by atoms with E-state index in [1.165, 1.54) is 18.9 Å². The average molecular weight is 649 g/mol. The first kappa shape index (κ1) is 32.2. The van der Waals surface area contributed by atoms with Crippen LogP contribution in [0.4, 0.5) is 24.9 Å². The number of rotatable bonds is 8. The first-order chi connectivity index (χ1) is 21.3. The third-order valence-electron chi connectivity index (χ3n) is 7.75. The molecule has 4 N–H and O–H groups in total. The van der Waals surface area contributed by atoms with E-state index in [0.717, 1.165) is 11.6 Å². The number of nitrogens with zero attached hydrogens (tertiary/aromatic N) is 5. The van der Waals surface area contributed by atoms with E-state index in [-0.39, 0.29) is 46.8 Å². The summed E-state index contributed by atoms with van der Waals surface area (Å²) in [6, 6.07) is 0. The van der Waals surface area contributed by atoms with Crippen molar-refractivity contribution in [1.29, 1.82) is 0 Å². The number of nitrogens with two attached hydrogens (primary N) is 1. The Bertz CT molecular complexity index is 1680. The lowest BCUT2D eigenvalue weighted by molar-refractivity contribution is -0.138. The van der Waals surface area contributed by atoms with Crippen molar-refractivity contribution in [1.82, 2.24) is 30.2 Å². The maximum atomic E-state index is 14.6. The summed E-state index contributed by atoms with van der Waals surface area (Å²) in [5.74, 6) is -1.23. The molecule has 3 aromatic heterocycles. The number of fused-ring (bicyclic) bond motifs is 1. The van der Waals surface area contributed by atoms with Gasteiger partial charge in [-0.3, -0.25) is 24.4 Å². The molecule has 3 aromatic rings. The van der Waals surface area contributed by atoms with Gasteiger partial charge in [-0.2, -0.15) is 18.2 Å². The van der Waals surface area contributed by atoms with Crippen LogP contribution in [-0.4, -0.2) is 83.2 Å². The third kappa shape index (κ3) is 6.32. The normalized spacial score (nSPS) is 16.4. The Morgan fingerprint density at radius 3 is 2.62 bits per heavy atom. The van der Waals surface area contributed by atoms with E-state index < -0.39 is 34.8 Å². The van der Waals surface area contributed by atoms with Crippen LogP contribution in [0.3, 0.4) is 0 Å². The minimum Gasteiger partial charge on any atom is -0.496 e. The molecule has 5 rings (SSSR count). The van der Waals surface area contributed by atoms with Crippen molar-refractivity contribution >= 4 is 46.8 Å². The van der Waals surface area contributed by atoms with Crippen molar-refractivity contribution in [3.8, 4) is 5.75 Å². The monoisotopic (exact) mass is 648 g/mol. The molecule has 240 valence electrons. The summed E-state index contributed by atoms with van der Waals surface area (Å²) in [5.41, 5.74) is 5.26. The topological polar surface area (TPSA) is 152 Å². The first-order valence-electron chi connectivity index (χ1n) is 14.1. The Balaban J connectivity index is 1.53. The molecule has 0 spiro atoms. The van der Waals surface area contributed by atoms with Crippen molar-refractivity contribution in [3.05, 3.63) is 56.2 Å². The summed E-state index contributed by atoms with van der Waals surface area (Å²) in [5, 5.41) is 2.37. The number of ether oxygens (including phenoxy) is 2. The number of carbonyl (C=O) groups is 2. The van der Waals surface area contributed by atoms with Gasteiger partial charge in [0.1, 0.15) is 10.9 Å². The molecule has 16 heteroatoms. The second-order valence-corrected chi connectivity index (χ2v) is 11.0. The lowest BCUT2D eigenvalue weighted by atomic mass is 10.0. The zero-order chi connectivity index (χ0) is 32.6. The quantitative estimate of drug-likeness (QED) is 0.246. The van der Waals surface area contributed by atoms with Crippen LogP contribution in [0.5, 0.6) is 5.75 Å². The average Bonchev–Trinajstić information content (AvgIpc) is 3.44. The number of aryl methyl sites for hydroxylation is 2. The number of methoxy groups -OCH3 is 1. The number of H-pyrrole nitrogens is 1. The molecular formula is C29H32ClF3N8O4. The number of hydrogen-bond acceptors (Lipinski definition) is 9. The summed E-state index contributed by atoms with van der Waals surface area (Å²) < 4.78 is 54.5. The zero-order valence-electron chi connectivity index (χ0n) is 25.1. The predicted octanol–water partition coefficient (Wildman–Crippen LogP) is 3.54. The highest BCUT2D eigenvalue weighted by molar-refractivity contribution is 6.41. The van der Waals surface area contributed by atoms with Gasteiger partial charge in [0.05, 0.1) is 60.5 Å². The predicted molar refractivity (Wildman–Crippen MR) is 161 cm³/mol. The molecule has 0 saturated carbocycles. The number of pyridine rings is 1. The maximum absolute atomic E-state index is 14.6. The van der Waals surface area contributed by atoms with Crippen LogP contribution in [0, 0.1) is 20.8 Å². The summed E-state index contributed by atoms with van der Waals surface area (Å²) in [6.07, 6.45) is -2.34. The van der Waals surface area contributed by atoms with E-state index in [1.54, 1.807) is 13.1 Å². The van der Waals surface area contributed by atoms with Crippen LogP contribution in [0.2, 0.25) is 5.15 Å². The lowest BCUT2D eigenvalue weighted by Crippen LogP contribution is -2.41. The summed E-state index contributed by atoms with van der Waals surface area (Å²) in [6.45, 7) is 7.90. The van der Waals surface area contributed by atoms with Gasteiger partial charge in [-0.15, -0.1) is 0 Å². The second-order valence-electron chi connectivity index (χ2n) is 10.7. The number of amides is 2. The van der Waals surface area contributed by atoms with Gasteiger partial charge in [0, 0.05) is 49.2 Å². The number of nitrogens with one attached hydrogen (secondary N) is 2. The zero-order valence-corrected chi connectivity index (χ0v) is 25.8. The van der Waals surface area contributed by atoms with Crippen LogP contribution in [0.15, 0.2) is 6.20 Å². The van der Waals surface area contributed by atoms with Crippen LogP contribution < -0.4 is 20.7 Å².